The molecule has 0 unspecified atom stereocenters. The molecule has 0 aromatic carbocycles. The summed E-state index contributed by atoms with van der Waals surface area (Å²) in [7, 11) is 1.55. The summed E-state index contributed by atoms with van der Waals surface area (Å²) in [5.74, 6) is 0. The molecule has 0 aliphatic carbocycles. The number of hydrogen-bond acceptors (Lipinski definition) is 2. The van der Waals surface area contributed by atoms with E-state index in [-0.39, 0.29) is 0 Å². The first-order valence-electron chi connectivity index (χ1n) is 2.43. The van der Waals surface area contributed by atoms with Gasteiger partial charge in [0.05, 0.1) is 0 Å². The van der Waals surface area contributed by atoms with Gasteiger partial charge in [-0.2, -0.15) is 0 Å². The molecule has 0 aliphatic heterocycles. The van der Waals surface area contributed by atoms with E-state index < -0.39 is 0 Å². The van der Waals surface area contributed by atoms with Crippen molar-refractivity contribution in [2.75, 3.05) is 7.05 Å². The standard InChI is InChI=1S/C4H8NOS.Zn/c1-3-4(7)5(2)6;/h6H,1,3H2,2H3;. The molecule has 0 amide bonds. The molecular weight excluding hydrogens is 176 g/mol. The maximum absolute atomic E-state index is 8.66. The topological polar surface area (TPSA) is 23.5 Å². The third kappa shape index (κ3) is 3.47. The SMILES string of the molecule is CN(O)C(=S)C[CH2][Zn]. The van der Waals surface area contributed by atoms with Crippen LogP contribution in [0.5, 0.6) is 0 Å². The Bertz CT molecular complexity index is 86.1. The third-order valence-electron chi connectivity index (χ3n) is 0.752. The Balaban J connectivity index is 3.33. The Morgan fingerprint density at radius 1 is 1.88 bits per heavy atom. The molecule has 0 atom stereocenters. The Morgan fingerprint density at radius 3 is 2.50 bits per heavy atom. The molecular formula is C4H8NOSZn. The van der Waals surface area contributed by atoms with E-state index in [1.165, 1.54) is 18.3 Å². The van der Waals surface area contributed by atoms with Crippen LogP contribution in [0.1, 0.15) is 6.42 Å². The Labute approximate surface area is 64.5 Å². The maximum atomic E-state index is 8.66. The second-order valence-electron chi connectivity index (χ2n) is 1.52. The summed E-state index contributed by atoms with van der Waals surface area (Å²) < 4.78 is 0. The molecule has 0 heterocycles. The third-order valence-corrected chi connectivity index (χ3v) is 1.96. The van der Waals surface area contributed by atoms with Gasteiger partial charge in [0, 0.05) is 0 Å². The van der Waals surface area contributed by atoms with E-state index in [4.69, 9.17) is 17.4 Å². The van der Waals surface area contributed by atoms with Crippen LogP contribution < -0.4 is 0 Å². The molecule has 0 radical (unpaired) electrons. The van der Waals surface area contributed by atoms with Crippen molar-refractivity contribution in [3.8, 4) is 0 Å². The van der Waals surface area contributed by atoms with E-state index in [1.807, 2.05) is 0 Å². The fourth-order valence-corrected chi connectivity index (χ4v) is 1.70. The minimum absolute atomic E-state index is 0.635. The van der Waals surface area contributed by atoms with E-state index in [0.717, 1.165) is 16.5 Å². The molecule has 1 N–H and O–H groups in total. The minimum atomic E-state index is 0.635. The van der Waals surface area contributed by atoms with Gasteiger partial charge in [-0.3, -0.25) is 0 Å². The molecule has 4 heteroatoms. The second kappa shape index (κ2) is 4.36. The molecule has 0 spiro atoms. The molecule has 2 nitrogen and oxygen atoms in total. The van der Waals surface area contributed by atoms with Gasteiger partial charge >= 0.3 is 64.3 Å². The molecule has 0 fully saturated rings. The van der Waals surface area contributed by atoms with Crippen LogP contribution in [0.25, 0.3) is 0 Å². The zero-order chi connectivity index (χ0) is 6.57. The van der Waals surface area contributed by atoms with Gasteiger partial charge in [0.25, 0.3) is 0 Å². The van der Waals surface area contributed by atoms with Gasteiger partial charge in [-0.1, -0.05) is 0 Å². The monoisotopic (exact) mass is 182 g/mol. The van der Waals surface area contributed by atoms with Gasteiger partial charge in [0.2, 0.25) is 0 Å². The fraction of sp³-hybridized carbons (Fsp3) is 0.750. The summed E-state index contributed by atoms with van der Waals surface area (Å²) in [6.07, 6.45) is 0.850. The average molecular weight is 184 g/mol. The predicted octanol–water partition coefficient (Wildman–Crippen LogP) is 0.990. The zero-order valence-corrected chi connectivity index (χ0v) is 8.71. The van der Waals surface area contributed by atoms with E-state index >= 15 is 0 Å². The van der Waals surface area contributed by atoms with Crippen molar-refractivity contribution in [2.45, 2.75) is 11.4 Å². The van der Waals surface area contributed by atoms with Crippen LogP contribution in [0, 0.1) is 0 Å². The molecule has 8 heavy (non-hydrogen) atoms. The van der Waals surface area contributed by atoms with Crippen molar-refractivity contribution in [3.63, 3.8) is 0 Å². The first kappa shape index (κ1) is 8.47. The van der Waals surface area contributed by atoms with E-state index in [9.17, 15) is 0 Å². The molecule has 0 aromatic rings. The van der Waals surface area contributed by atoms with Crippen LogP contribution in [0.3, 0.4) is 0 Å². The zero-order valence-electron chi connectivity index (χ0n) is 4.92. The number of hydrogen-bond donors (Lipinski definition) is 1. The van der Waals surface area contributed by atoms with Gasteiger partial charge in [-0.15, -0.1) is 0 Å². The van der Waals surface area contributed by atoms with Crippen LogP contribution in [0.15, 0.2) is 0 Å². The van der Waals surface area contributed by atoms with Crippen molar-refractivity contribution in [1.82, 2.24) is 5.06 Å². The number of thiocarbonyl (C=S) groups is 1. The second-order valence-corrected chi connectivity index (χ2v) is 3.48. The normalized spacial score (nSPS) is 9.00. The average Bonchev–Trinajstić information content (AvgIpc) is 1.67. The van der Waals surface area contributed by atoms with Crippen LogP contribution in [-0.4, -0.2) is 22.3 Å². The fourth-order valence-electron chi connectivity index (χ4n) is 0.313. The summed E-state index contributed by atoms with van der Waals surface area (Å²) in [5, 5.41) is 10.8. The Hall–Kier alpha value is 0.473. The molecule has 0 aromatic heterocycles. The quantitative estimate of drug-likeness (QED) is 0.392. The first-order valence-corrected chi connectivity index (χ1v) is 4.93. The van der Waals surface area contributed by atoms with Gasteiger partial charge in [-0.05, 0) is 0 Å². The predicted molar refractivity (Wildman–Crippen MR) is 31.6 cm³/mol. The molecule has 0 aliphatic rings. The summed E-state index contributed by atoms with van der Waals surface area (Å²) in [6.45, 7) is 0. The van der Waals surface area contributed by atoms with Gasteiger partial charge in [-0.25, -0.2) is 0 Å². The molecule has 43 valence electrons. The van der Waals surface area contributed by atoms with Gasteiger partial charge < -0.3 is 0 Å². The number of nitrogens with zero attached hydrogens (tertiary/aromatic N) is 1. The number of hydroxylamine groups is 2. The summed E-state index contributed by atoms with van der Waals surface area (Å²) >= 11 is 6.02. The van der Waals surface area contributed by atoms with Gasteiger partial charge in [0.15, 0.2) is 0 Å². The number of rotatable bonds is 2. The van der Waals surface area contributed by atoms with Crippen LogP contribution in [-0.2, 0) is 18.3 Å². The van der Waals surface area contributed by atoms with Crippen molar-refractivity contribution in [1.29, 1.82) is 0 Å². The molecule has 0 rings (SSSR count). The summed E-state index contributed by atoms with van der Waals surface area (Å²) in [5.41, 5.74) is 0. The summed E-state index contributed by atoms with van der Waals surface area (Å²) in [4.78, 5) is 0.635. The van der Waals surface area contributed by atoms with Crippen molar-refractivity contribution >= 4 is 17.2 Å². The first-order chi connectivity index (χ1) is 3.68. The van der Waals surface area contributed by atoms with Gasteiger partial charge in [0.1, 0.15) is 0 Å². The Kier molecular flexibility index (Phi) is 4.62. The molecule has 0 saturated carbocycles. The van der Waals surface area contributed by atoms with E-state index in [0.29, 0.717) is 4.99 Å². The van der Waals surface area contributed by atoms with Crippen LogP contribution in [0.4, 0.5) is 0 Å². The van der Waals surface area contributed by atoms with Crippen molar-refractivity contribution in [3.05, 3.63) is 0 Å². The van der Waals surface area contributed by atoms with E-state index in [2.05, 4.69) is 0 Å². The van der Waals surface area contributed by atoms with Crippen LogP contribution in [0.2, 0.25) is 5.02 Å². The van der Waals surface area contributed by atoms with E-state index in [1.54, 1.807) is 7.05 Å². The van der Waals surface area contributed by atoms with Crippen LogP contribution >= 0.6 is 12.2 Å². The summed E-state index contributed by atoms with van der Waals surface area (Å²) in [6, 6.07) is 0. The Morgan fingerprint density at radius 2 is 2.38 bits per heavy atom. The molecule has 0 saturated heterocycles. The van der Waals surface area contributed by atoms with Crippen molar-refractivity contribution in [2.24, 2.45) is 0 Å². The van der Waals surface area contributed by atoms with Crippen molar-refractivity contribution < 1.29 is 23.5 Å². The molecule has 0 bridgehead atoms.